The maximum Gasteiger partial charge on any atom is 0.416 e. The van der Waals surface area contributed by atoms with Crippen molar-refractivity contribution in [3.05, 3.63) is 35.4 Å². The highest BCUT2D eigenvalue weighted by Gasteiger charge is 2.30. The first kappa shape index (κ1) is 18.3. The SMILES string of the molecule is O=C(O)C1CCN(C(=O)CCCc2cccc(C(F)(F)F)c2)CC1. The summed E-state index contributed by atoms with van der Waals surface area (Å²) in [5.74, 6) is -1.28. The van der Waals surface area contributed by atoms with Crippen LogP contribution in [0.3, 0.4) is 0 Å². The second-order valence-electron chi connectivity index (χ2n) is 6.04. The van der Waals surface area contributed by atoms with Gasteiger partial charge in [0.1, 0.15) is 0 Å². The van der Waals surface area contributed by atoms with Crippen molar-refractivity contribution in [1.29, 1.82) is 0 Å². The lowest BCUT2D eigenvalue weighted by molar-refractivity contribution is -0.145. The predicted octanol–water partition coefficient (Wildman–Crippen LogP) is 3.35. The summed E-state index contributed by atoms with van der Waals surface area (Å²) in [6.45, 7) is 0.860. The van der Waals surface area contributed by atoms with E-state index < -0.39 is 17.7 Å². The maximum atomic E-state index is 12.6. The molecule has 0 aromatic heterocycles. The molecule has 0 atom stereocenters. The van der Waals surface area contributed by atoms with Crippen molar-refractivity contribution in [3.8, 4) is 0 Å². The summed E-state index contributed by atoms with van der Waals surface area (Å²) in [6, 6.07) is 5.14. The number of alkyl halides is 3. The Morgan fingerprint density at radius 2 is 1.88 bits per heavy atom. The zero-order valence-corrected chi connectivity index (χ0v) is 13.2. The second-order valence-corrected chi connectivity index (χ2v) is 6.04. The highest BCUT2D eigenvalue weighted by Crippen LogP contribution is 2.29. The van der Waals surface area contributed by atoms with Crippen LogP contribution in [0.25, 0.3) is 0 Å². The number of carbonyl (C=O) groups is 2. The van der Waals surface area contributed by atoms with Gasteiger partial charge in [0.25, 0.3) is 0 Å². The molecule has 24 heavy (non-hydrogen) atoms. The van der Waals surface area contributed by atoms with Gasteiger partial charge in [0.05, 0.1) is 11.5 Å². The van der Waals surface area contributed by atoms with E-state index in [9.17, 15) is 22.8 Å². The topological polar surface area (TPSA) is 57.6 Å². The number of hydrogen-bond donors (Lipinski definition) is 1. The Labute approximate surface area is 138 Å². The van der Waals surface area contributed by atoms with Crippen LogP contribution in [0.1, 0.15) is 36.8 Å². The van der Waals surface area contributed by atoms with Crippen molar-refractivity contribution in [3.63, 3.8) is 0 Å². The molecule has 7 heteroatoms. The predicted molar refractivity (Wildman–Crippen MR) is 81.3 cm³/mol. The first-order chi connectivity index (χ1) is 11.3. The zero-order chi connectivity index (χ0) is 17.7. The molecular weight excluding hydrogens is 323 g/mol. The minimum atomic E-state index is -4.36. The first-order valence-electron chi connectivity index (χ1n) is 7.94. The number of nitrogens with zero attached hydrogens (tertiary/aromatic N) is 1. The van der Waals surface area contributed by atoms with Crippen molar-refractivity contribution in [2.45, 2.75) is 38.3 Å². The number of hydrogen-bond acceptors (Lipinski definition) is 2. The van der Waals surface area contributed by atoms with Gasteiger partial charge in [-0.2, -0.15) is 13.2 Å². The number of piperidine rings is 1. The van der Waals surface area contributed by atoms with Gasteiger partial charge in [0, 0.05) is 19.5 Å². The van der Waals surface area contributed by atoms with E-state index in [1.807, 2.05) is 0 Å². The first-order valence-corrected chi connectivity index (χ1v) is 7.94. The fourth-order valence-corrected chi connectivity index (χ4v) is 2.88. The number of aryl methyl sites for hydroxylation is 1. The second kappa shape index (κ2) is 7.68. The number of rotatable bonds is 5. The summed E-state index contributed by atoms with van der Waals surface area (Å²) in [7, 11) is 0. The summed E-state index contributed by atoms with van der Waals surface area (Å²) in [4.78, 5) is 24.6. The Morgan fingerprint density at radius 3 is 2.46 bits per heavy atom. The molecule has 0 radical (unpaired) electrons. The molecule has 1 aromatic rings. The number of amides is 1. The van der Waals surface area contributed by atoms with Gasteiger partial charge in [0.2, 0.25) is 5.91 Å². The summed E-state index contributed by atoms with van der Waals surface area (Å²) in [5.41, 5.74) is -0.121. The third-order valence-corrected chi connectivity index (χ3v) is 4.31. The van der Waals surface area contributed by atoms with E-state index in [2.05, 4.69) is 0 Å². The van der Waals surface area contributed by atoms with Crippen molar-refractivity contribution in [2.75, 3.05) is 13.1 Å². The van der Waals surface area contributed by atoms with E-state index in [0.717, 1.165) is 12.1 Å². The molecule has 2 rings (SSSR count). The molecule has 1 heterocycles. The van der Waals surface area contributed by atoms with Crippen molar-refractivity contribution in [1.82, 2.24) is 4.90 Å². The molecule has 0 unspecified atom stereocenters. The fourth-order valence-electron chi connectivity index (χ4n) is 2.88. The molecule has 1 amide bonds. The molecule has 0 saturated carbocycles. The quantitative estimate of drug-likeness (QED) is 0.892. The molecule has 1 aliphatic heterocycles. The third-order valence-electron chi connectivity index (χ3n) is 4.31. The lowest BCUT2D eigenvalue weighted by atomic mass is 9.96. The Kier molecular flexibility index (Phi) is 5.85. The maximum absolute atomic E-state index is 12.6. The van der Waals surface area contributed by atoms with E-state index in [0.29, 0.717) is 44.3 Å². The lowest BCUT2D eigenvalue weighted by Gasteiger charge is -2.30. The molecule has 1 aliphatic rings. The Morgan fingerprint density at radius 1 is 1.21 bits per heavy atom. The minimum Gasteiger partial charge on any atom is -0.481 e. The Bertz CT molecular complexity index is 593. The summed E-state index contributed by atoms with van der Waals surface area (Å²) >= 11 is 0. The average molecular weight is 343 g/mol. The minimum absolute atomic E-state index is 0.0641. The summed E-state index contributed by atoms with van der Waals surface area (Å²) in [5, 5.41) is 8.93. The average Bonchev–Trinajstić information content (AvgIpc) is 2.54. The monoisotopic (exact) mass is 343 g/mol. The van der Waals surface area contributed by atoms with Crippen LogP contribution in [0.4, 0.5) is 13.2 Å². The molecule has 1 fully saturated rings. The van der Waals surface area contributed by atoms with Crippen LogP contribution in [-0.2, 0) is 22.2 Å². The van der Waals surface area contributed by atoms with E-state index in [-0.39, 0.29) is 18.2 Å². The highest BCUT2D eigenvalue weighted by atomic mass is 19.4. The third kappa shape index (κ3) is 4.97. The Balaban J connectivity index is 1.78. The molecule has 1 aromatic carbocycles. The lowest BCUT2D eigenvalue weighted by Crippen LogP contribution is -2.40. The normalized spacial score (nSPS) is 16.2. The van der Waals surface area contributed by atoms with Gasteiger partial charge in [-0.1, -0.05) is 18.2 Å². The van der Waals surface area contributed by atoms with Crippen LogP contribution in [-0.4, -0.2) is 35.0 Å². The molecule has 1 saturated heterocycles. The van der Waals surface area contributed by atoms with Crippen LogP contribution in [0.2, 0.25) is 0 Å². The van der Waals surface area contributed by atoms with Gasteiger partial charge in [-0.3, -0.25) is 9.59 Å². The smallest absolute Gasteiger partial charge is 0.416 e. The van der Waals surface area contributed by atoms with Crippen molar-refractivity contribution in [2.24, 2.45) is 5.92 Å². The summed E-state index contributed by atoms with van der Waals surface area (Å²) in [6.07, 6.45) is -2.32. The number of likely N-dealkylation sites (tertiary alicyclic amines) is 1. The number of aliphatic carboxylic acids is 1. The number of carbonyl (C=O) groups excluding carboxylic acids is 1. The van der Waals surface area contributed by atoms with Gasteiger partial charge in [-0.05, 0) is 37.3 Å². The van der Waals surface area contributed by atoms with Crippen LogP contribution in [0.5, 0.6) is 0 Å². The number of carboxylic acids is 1. The van der Waals surface area contributed by atoms with E-state index in [4.69, 9.17) is 5.11 Å². The van der Waals surface area contributed by atoms with Crippen LogP contribution in [0, 0.1) is 5.92 Å². The number of halogens is 3. The molecule has 0 bridgehead atoms. The van der Waals surface area contributed by atoms with Crippen LogP contribution < -0.4 is 0 Å². The Hall–Kier alpha value is -2.05. The van der Waals surface area contributed by atoms with Gasteiger partial charge in [-0.25, -0.2) is 0 Å². The van der Waals surface area contributed by atoms with E-state index in [1.54, 1.807) is 11.0 Å². The standard InChI is InChI=1S/C17H20F3NO3/c18-17(19,20)14-5-1-3-12(11-14)4-2-6-15(22)21-9-7-13(8-10-21)16(23)24/h1,3,5,11,13H,2,4,6-10H2,(H,23,24). The molecule has 1 N–H and O–H groups in total. The molecular formula is C17H20F3NO3. The highest BCUT2D eigenvalue weighted by molar-refractivity contribution is 5.77. The van der Waals surface area contributed by atoms with Gasteiger partial charge in [-0.15, -0.1) is 0 Å². The van der Waals surface area contributed by atoms with E-state index in [1.165, 1.54) is 6.07 Å². The number of carboxylic acid groups (broad SMARTS) is 1. The zero-order valence-electron chi connectivity index (χ0n) is 13.2. The van der Waals surface area contributed by atoms with E-state index >= 15 is 0 Å². The van der Waals surface area contributed by atoms with Crippen molar-refractivity contribution < 1.29 is 27.9 Å². The van der Waals surface area contributed by atoms with Crippen LogP contribution >= 0.6 is 0 Å². The molecule has 0 spiro atoms. The van der Waals surface area contributed by atoms with Gasteiger partial charge in [0.15, 0.2) is 0 Å². The molecule has 0 aliphatic carbocycles. The van der Waals surface area contributed by atoms with Crippen LogP contribution in [0.15, 0.2) is 24.3 Å². The largest absolute Gasteiger partial charge is 0.481 e. The van der Waals surface area contributed by atoms with Gasteiger partial charge >= 0.3 is 12.1 Å². The molecule has 4 nitrogen and oxygen atoms in total. The van der Waals surface area contributed by atoms with Gasteiger partial charge < -0.3 is 10.0 Å². The summed E-state index contributed by atoms with van der Waals surface area (Å²) < 4.78 is 37.9. The molecule has 132 valence electrons. The number of benzene rings is 1. The fraction of sp³-hybridized carbons (Fsp3) is 0.529. The van der Waals surface area contributed by atoms with Crippen molar-refractivity contribution >= 4 is 11.9 Å².